The Morgan fingerprint density at radius 2 is 2.11 bits per heavy atom. The monoisotopic (exact) mass is 374 g/mol. The summed E-state index contributed by atoms with van der Waals surface area (Å²) in [5, 5.41) is 0. The molecule has 8 heteroatoms. The summed E-state index contributed by atoms with van der Waals surface area (Å²) in [5.74, 6) is 0.458. The van der Waals surface area contributed by atoms with E-state index >= 15 is 0 Å². The van der Waals surface area contributed by atoms with Gasteiger partial charge in [-0.25, -0.2) is 9.78 Å². The molecule has 1 atom stereocenters. The molecule has 4 rings (SSSR count). The number of nitrogens with zero attached hydrogens (tertiary/aromatic N) is 4. The molecule has 1 aliphatic carbocycles. The summed E-state index contributed by atoms with van der Waals surface area (Å²) in [6, 6.07) is -0.123. The van der Waals surface area contributed by atoms with Crippen molar-refractivity contribution in [1.29, 1.82) is 0 Å². The van der Waals surface area contributed by atoms with Crippen molar-refractivity contribution in [1.82, 2.24) is 14.9 Å². The first-order chi connectivity index (χ1) is 13.1. The summed E-state index contributed by atoms with van der Waals surface area (Å²) >= 11 is 0. The predicted octanol–water partition coefficient (Wildman–Crippen LogP) is 2.45. The van der Waals surface area contributed by atoms with Crippen molar-refractivity contribution >= 4 is 17.8 Å². The molecule has 2 aliphatic heterocycles. The van der Waals surface area contributed by atoms with E-state index in [1.807, 2.05) is 0 Å². The number of hydrogen-bond acceptors (Lipinski definition) is 6. The van der Waals surface area contributed by atoms with Crippen molar-refractivity contribution in [3.05, 3.63) is 18.1 Å². The van der Waals surface area contributed by atoms with Gasteiger partial charge in [0.1, 0.15) is 12.2 Å². The van der Waals surface area contributed by atoms with Gasteiger partial charge in [-0.15, -0.1) is 0 Å². The van der Waals surface area contributed by atoms with Gasteiger partial charge in [-0.1, -0.05) is 6.42 Å². The number of rotatable bonds is 4. The number of carbonyl (C=O) groups excluding carboxylic acids is 2. The highest BCUT2D eigenvalue weighted by Gasteiger charge is 2.46. The van der Waals surface area contributed by atoms with Gasteiger partial charge in [0.15, 0.2) is 5.82 Å². The first-order valence-electron chi connectivity index (χ1n) is 9.73. The average molecular weight is 374 g/mol. The lowest BCUT2D eigenvalue weighted by atomic mass is 9.85. The number of anilines is 1. The van der Waals surface area contributed by atoms with Gasteiger partial charge in [-0.05, 0) is 38.5 Å². The van der Waals surface area contributed by atoms with Crippen LogP contribution in [0.2, 0.25) is 0 Å². The van der Waals surface area contributed by atoms with E-state index in [4.69, 9.17) is 9.47 Å². The van der Waals surface area contributed by atoms with Crippen LogP contribution in [0.3, 0.4) is 0 Å². The molecule has 1 aromatic rings. The Labute approximate surface area is 158 Å². The molecular weight excluding hydrogens is 348 g/mol. The second-order valence-corrected chi connectivity index (χ2v) is 7.68. The number of methoxy groups -OCH3 is 1. The number of amides is 2. The predicted molar refractivity (Wildman–Crippen MR) is 97.2 cm³/mol. The van der Waals surface area contributed by atoms with E-state index in [2.05, 4.69) is 9.97 Å². The first-order valence-corrected chi connectivity index (χ1v) is 9.73. The van der Waals surface area contributed by atoms with Crippen LogP contribution in [0, 0.1) is 0 Å². The van der Waals surface area contributed by atoms with Crippen molar-refractivity contribution in [3.8, 4) is 0 Å². The Morgan fingerprint density at radius 3 is 2.89 bits per heavy atom. The lowest BCUT2D eigenvalue weighted by molar-refractivity contribution is -0.136. The second-order valence-electron chi connectivity index (χ2n) is 7.68. The Bertz CT molecular complexity index is 719. The Morgan fingerprint density at radius 1 is 1.30 bits per heavy atom. The molecule has 1 aromatic heterocycles. The van der Waals surface area contributed by atoms with E-state index in [0.717, 1.165) is 38.5 Å². The summed E-state index contributed by atoms with van der Waals surface area (Å²) in [6.07, 6.45) is 9.88. The maximum absolute atomic E-state index is 12.5. The van der Waals surface area contributed by atoms with E-state index in [1.54, 1.807) is 22.2 Å². The van der Waals surface area contributed by atoms with Gasteiger partial charge < -0.3 is 14.4 Å². The van der Waals surface area contributed by atoms with Crippen LogP contribution in [0.4, 0.5) is 10.6 Å². The SMILES string of the molecule is COCC(=O)N1CCC[C@H]1c1cncc(N2CC3(CCCCC3)OC2=O)n1. The fourth-order valence-electron chi connectivity index (χ4n) is 4.50. The van der Waals surface area contributed by atoms with Crippen LogP contribution < -0.4 is 4.90 Å². The maximum atomic E-state index is 12.5. The molecule has 146 valence electrons. The highest BCUT2D eigenvalue weighted by molar-refractivity contribution is 5.89. The van der Waals surface area contributed by atoms with Crippen molar-refractivity contribution < 1.29 is 19.1 Å². The standard InChI is InChI=1S/C19H26N4O4/c1-26-12-17(24)22-9-5-6-15(22)14-10-20-11-16(21-14)23-13-19(27-18(23)25)7-3-2-4-8-19/h10-11,15H,2-9,12-13H2,1H3/t15-/m0/s1. The van der Waals surface area contributed by atoms with Crippen LogP contribution >= 0.6 is 0 Å². The van der Waals surface area contributed by atoms with Crippen LogP contribution in [0.15, 0.2) is 12.4 Å². The quantitative estimate of drug-likeness (QED) is 0.805. The second kappa shape index (κ2) is 7.42. The lowest BCUT2D eigenvalue weighted by Crippen LogP contribution is -2.37. The normalized spacial score (nSPS) is 24.5. The third-order valence-electron chi connectivity index (χ3n) is 5.83. The summed E-state index contributed by atoms with van der Waals surface area (Å²) in [7, 11) is 1.52. The number of likely N-dealkylation sites (tertiary alicyclic amines) is 1. The van der Waals surface area contributed by atoms with Crippen molar-refractivity contribution in [3.63, 3.8) is 0 Å². The molecule has 0 N–H and O–H groups in total. The zero-order chi connectivity index (χ0) is 18.9. The van der Waals surface area contributed by atoms with Gasteiger partial charge >= 0.3 is 6.09 Å². The molecule has 1 spiro atoms. The topological polar surface area (TPSA) is 84.9 Å². The largest absolute Gasteiger partial charge is 0.441 e. The highest BCUT2D eigenvalue weighted by Crippen LogP contribution is 2.39. The third-order valence-corrected chi connectivity index (χ3v) is 5.83. The Balaban J connectivity index is 1.54. The van der Waals surface area contributed by atoms with Gasteiger partial charge in [0.2, 0.25) is 5.91 Å². The van der Waals surface area contributed by atoms with Crippen molar-refractivity contribution in [2.24, 2.45) is 0 Å². The highest BCUT2D eigenvalue weighted by atomic mass is 16.6. The fraction of sp³-hybridized carbons (Fsp3) is 0.684. The van der Waals surface area contributed by atoms with Crippen LogP contribution in [-0.2, 0) is 14.3 Å². The molecule has 3 fully saturated rings. The van der Waals surface area contributed by atoms with Crippen LogP contribution in [0.25, 0.3) is 0 Å². The maximum Gasteiger partial charge on any atom is 0.416 e. The molecular formula is C19H26N4O4. The molecule has 2 amide bonds. The summed E-state index contributed by atoms with van der Waals surface area (Å²) in [5.41, 5.74) is 0.341. The first kappa shape index (κ1) is 18.2. The van der Waals surface area contributed by atoms with Crippen molar-refractivity contribution in [2.75, 3.05) is 31.7 Å². The minimum absolute atomic E-state index is 0.0473. The van der Waals surface area contributed by atoms with Gasteiger partial charge in [-0.3, -0.25) is 14.7 Å². The number of aromatic nitrogens is 2. The zero-order valence-electron chi connectivity index (χ0n) is 15.7. The summed E-state index contributed by atoms with van der Waals surface area (Å²) in [6.45, 7) is 1.28. The number of carbonyl (C=O) groups is 2. The van der Waals surface area contributed by atoms with Gasteiger partial charge in [0, 0.05) is 13.7 Å². The molecule has 0 bridgehead atoms. The van der Waals surface area contributed by atoms with Gasteiger partial charge in [0.25, 0.3) is 0 Å². The summed E-state index contributed by atoms with van der Waals surface area (Å²) in [4.78, 5) is 37.2. The van der Waals surface area contributed by atoms with Gasteiger partial charge in [0.05, 0.1) is 30.7 Å². The third kappa shape index (κ3) is 3.50. The van der Waals surface area contributed by atoms with E-state index in [9.17, 15) is 9.59 Å². The van der Waals surface area contributed by atoms with E-state index in [1.165, 1.54) is 13.5 Å². The lowest BCUT2D eigenvalue weighted by Gasteiger charge is -2.30. The van der Waals surface area contributed by atoms with Crippen LogP contribution in [0.1, 0.15) is 56.7 Å². The summed E-state index contributed by atoms with van der Waals surface area (Å²) < 4.78 is 10.7. The minimum atomic E-state index is -0.374. The molecule has 3 heterocycles. The molecule has 0 aromatic carbocycles. The minimum Gasteiger partial charge on any atom is -0.441 e. The van der Waals surface area contributed by atoms with Crippen LogP contribution in [0.5, 0.6) is 0 Å². The Kier molecular flexibility index (Phi) is 4.99. The molecule has 3 aliphatic rings. The van der Waals surface area contributed by atoms with E-state index in [0.29, 0.717) is 24.6 Å². The fourth-order valence-corrected chi connectivity index (χ4v) is 4.50. The zero-order valence-corrected chi connectivity index (χ0v) is 15.7. The molecule has 8 nitrogen and oxygen atoms in total. The molecule has 2 saturated heterocycles. The van der Waals surface area contributed by atoms with E-state index in [-0.39, 0.29) is 30.3 Å². The van der Waals surface area contributed by atoms with Crippen molar-refractivity contribution in [2.45, 2.75) is 56.6 Å². The van der Waals surface area contributed by atoms with E-state index < -0.39 is 0 Å². The molecule has 0 unspecified atom stereocenters. The number of hydrogen-bond donors (Lipinski definition) is 0. The molecule has 27 heavy (non-hydrogen) atoms. The smallest absolute Gasteiger partial charge is 0.416 e. The molecule has 0 radical (unpaired) electrons. The van der Waals surface area contributed by atoms with Gasteiger partial charge in [-0.2, -0.15) is 0 Å². The Hall–Kier alpha value is -2.22. The number of ether oxygens (including phenoxy) is 2. The molecule has 1 saturated carbocycles. The van der Waals surface area contributed by atoms with Crippen LogP contribution in [-0.4, -0.2) is 59.3 Å². The average Bonchev–Trinajstić information content (AvgIpc) is 3.28.